The van der Waals surface area contributed by atoms with E-state index in [1.165, 1.54) is 7.11 Å². The molecule has 0 spiro atoms. The Morgan fingerprint density at radius 3 is 2.45 bits per heavy atom. The van der Waals surface area contributed by atoms with Gasteiger partial charge in [-0.05, 0) is 43.7 Å². The molecule has 1 aromatic carbocycles. The highest BCUT2D eigenvalue weighted by molar-refractivity contribution is 5.96. The Bertz CT molecular complexity index is 647. The van der Waals surface area contributed by atoms with Gasteiger partial charge in [-0.1, -0.05) is 0 Å². The molecule has 6 nitrogen and oxygen atoms in total. The van der Waals surface area contributed by atoms with Crippen molar-refractivity contribution < 1.29 is 14.3 Å². The number of methoxy groups -OCH3 is 1. The van der Waals surface area contributed by atoms with Crippen molar-refractivity contribution in [3.63, 3.8) is 0 Å². The Balaban J connectivity index is 1.79. The molecule has 6 heteroatoms. The first-order chi connectivity index (χ1) is 10.6. The number of hydrogen-bond donors (Lipinski definition) is 1. The van der Waals surface area contributed by atoms with Crippen LogP contribution in [-0.4, -0.2) is 35.3 Å². The molecule has 0 aliphatic carbocycles. The number of hydrogen-bond acceptors (Lipinski definition) is 4. The Morgan fingerprint density at radius 2 is 1.86 bits per heavy atom. The molecule has 0 aliphatic heterocycles. The number of nitrogens with zero attached hydrogens (tertiary/aromatic N) is 2. The Labute approximate surface area is 129 Å². The molecular weight excluding hydrogens is 282 g/mol. The minimum Gasteiger partial charge on any atom is -0.465 e. The number of carbonyl (C=O) groups is 2. The number of aryl methyl sites for hydroxylation is 2. The summed E-state index contributed by atoms with van der Waals surface area (Å²) in [7, 11) is 1.32. The van der Waals surface area contributed by atoms with Crippen LogP contribution >= 0.6 is 0 Å². The van der Waals surface area contributed by atoms with Gasteiger partial charge in [-0.3, -0.25) is 9.48 Å². The van der Waals surface area contributed by atoms with Gasteiger partial charge in [0.05, 0.1) is 12.7 Å². The van der Waals surface area contributed by atoms with Crippen LogP contribution in [0.15, 0.2) is 36.5 Å². The molecule has 1 N–H and O–H groups in total. The quantitative estimate of drug-likeness (QED) is 0.652. The van der Waals surface area contributed by atoms with Gasteiger partial charge in [-0.15, -0.1) is 0 Å². The van der Waals surface area contributed by atoms with E-state index in [0.29, 0.717) is 17.7 Å². The topological polar surface area (TPSA) is 73.2 Å². The summed E-state index contributed by atoms with van der Waals surface area (Å²) >= 11 is 0. The van der Waals surface area contributed by atoms with E-state index in [1.807, 2.05) is 17.7 Å². The molecule has 0 fully saturated rings. The monoisotopic (exact) mass is 301 g/mol. The zero-order valence-electron chi connectivity index (χ0n) is 12.7. The van der Waals surface area contributed by atoms with Gasteiger partial charge in [0.1, 0.15) is 0 Å². The maximum atomic E-state index is 12.0. The van der Waals surface area contributed by atoms with Crippen LogP contribution in [0, 0.1) is 6.92 Å². The summed E-state index contributed by atoms with van der Waals surface area (Å²) in [6.45, 7) is 3.33. The molecule has 1 aromatic heterocycles. The van der Waals surface area contributed by atoms with Gasteiger partial charge in [-0.2, -0.15) is 5.10 Å². The lowest BCUT2D eigenvalue weighted by atomic mass is 10.1. The van der Waals surface area contributed by atoms with Gasteiger partial charge < -0.3 is 10.1 Å². The van der Waals surface area contributed by atoms with Crippen LogP contribution in [0.2, 0.25) is 0 Å². The molecule has 0 unspecified atom stereocenters. The predicted molar refractivity (Wildman–Crippen MR) is 81.7 cm³/mol. The second-order valence-electron chi connectivity index (χ2n) is 4.87. The van der Waals surface area contributed by atoms with Crippen molar-refractivity contribution in [3.8, 4) is 0 Å². The molecule has 116 valence electrons. The molecule has 1 amide bonds. The van der Waals surface area contributed by atoms with Gasteiger partial charge in [-0.25, -0.2) is 4.79 Å². The minimum atomic E-state index is -0.415. The molecule has 0 saturated carbocycles. The highest BCUT2D eigenvalue weighted by Gasteiger charge is 2.08. The summed E-state index contributed by atoms with van der Waals surface area (Å²) in [5, 5.41) is 7.03. The SMILES string of the molecule is COC(=O)c1ccc(C(=O)NCCCn2nccc2C)cc1. The van der Waals surface area contributed by atoms with E-state index in [1.54, 1.807) is 30.5 Å². The van der Waals surface area contributed by atoms with Crippen LogP contribution in [0.1, 0.15) is 32.8 Å². The lowest BCUT2D eigenvalue weighted by Crippen LogP contribution is -2.25. The average molecular weight is 301 g/mol. The molecule has 22 heavy (non-hydrogen) atoms. The molecule has 0 saturated heterocycles. The third kappa shape index (κ3) is 3.94. The van der Waals surface area contributed by atoms with Crippen molar-refractivity contribution in [1.29, 1.82) is 0 Å². The average Bonchev–Trinajstić information content (AvgIpc) is 2.96. The number of esters is 1. The van der Waals surface area contributed by atoms with E-state index in [2.05, 4.69) is 15.2 Å². The normalized spacial score (nSPS) is 10.3. The summed E-state index contributed by atoms with van der Waals surface area (Å²) < 4.78 is 6.51. The van der Waals surface area contributed by atoms with E-state index in [4.69, 9.17) is 0 Å². The van der Waals surface area contributed by atoms with E-state index < -0.39 is 5.97 Å². The number of benzene rings is 1. The molecular formula is C16H19N3O3. The standard InChI is InChI=1S/C16H19N3O3/c1-12-8-10-18-19(12)11-3-9-17-15(20)13-4-6-14(7-5-13)16(21)22-2/h4-8,10H,3,9,11H2,1-2H3,(H,17,20). The molecule has 2 aromatic rings. The predicted octanol–water partition coefficient (Wildman–Crippen LogP) is 1.80. The zero-order chi connectivity index (χ0) is 15.9. The van der Waals surface area contributed by atoms with Gasteiger partial charge in [0.15, 0.2) is 0 Å². The first kappa shape index (κ1) is 15.8. The first-order valence-corrected chi connectivity index (χ1v) is 7.07. The van der Waals surface area contributed by atoms with Crippen molar-refractivity contribution >= 4 is 11.9 Å². The maximum Gasteiger partial charge on any atom is 0.337 e. The van der Waals surface area contributed by atoms with Crippen LogP contribution in [0.5, 0.6) is 0 Å². The molecule has 0 radical (unpaired) electrons. The number of carbonyl (C=O) groups excluding carboxylic acids is 2. The fourth-order valence-electron chi connectivity index (χ4n) is 2.04. The van der Waals surface area contributed by atoms with Crippen LogP contribution in [0.3, 0.4) is 0 Å². The fourth-order valence-corrected chi connectivity index (χ4v) is 2.04. The summed E-state index contributed by atoms with van der Waals surface area (Å²) in [6.07, 6.45) is 2.56. The van der Waals surface area contributed by atoms with Crippen molar-refractivity contribution in [2.45, 2.75) is 19.9 Å². The molecule has 0 aliphatic rings. The largest absolute Gasteiger partial charge is 0.465 e. The highest BCUT2D eigenvalue weighted by atomic mass is 16.5. The van der Waals surface area contributed by atoms with Crippen molar-refractivity contribution in [2.75, 3.05) is 13.7 Å². The number of amides is 1. The van der Waals surface area contributed by atoms with Gasteiger partial charge >= 0.3 is 5.97 Å². The lowest BCUT2D eigenvalue weighted by molar-refractivity contribution is 0.0600. The molecule has 0 bridgehead atoms. The Hall–Kier alpha value is -2.63. The zero-order valence-corrected chi connectivity index (χ0v) is 12.7. The van der Waals surface area contributed by atoms with Crippen molar-refractivity contribution in [3.05, 3.63) is 53.3 Å². The first-order valence-electron chi connectivity index (χ1n) is 7.07. The molecule has 2 rings (SSSR count). The third-order valence-corrected chi connectivity index (χ3v) is 3.33. The second kappa shape index (κ2) is 7.40. The second-order valence-corrected chi connectivity index (χ2v) is 4.87. The maximum absolute atomic E-state index is 12.0. The van der Waals surface area contributed by atoms with Crippen LogP contribution < -0.4 is 5.32 Å². The highest BCUT2D eigenvalue weighted by Crippen LogP contribution is 2.06. The number of rotatable bonds is 6. The third-order valence-electron chi connectivity index (χ3n) is 3.33. The van der Waals surface area contributed by atoms with Gasteiger partial charge in [0.25, 0.3) is 5.91 Å². The van der Waals surface area contributed by atoms with Crippen LogP contribution in [0.25, 0.3) is 0 Å². The van der Waals surface area contributed by atoms with Crippen molar-refractivity contribution in [1.82, 2.24) is 15.1 Å². The van der Waals surface area contributed by atoms with E-state index in [9.17, 15) is 9.59 Å². The van der Waals surface area contributed by atoms with Gasteiger partial charge in [0.2, 0.25) is 0 Å². The number of nitrogens with one attached hydrogen (secondary N) is 1. The number of ether oxygens (including phenoxy) is 1. The Kier molecular flexibility index (Phi) is 5.30. The van der Waals surface area contributed by atoms with Gasteiger partial charge in [0, 0.05) is 30.5 Å². The fraction of sp³-hybridized carbons (Fsp3) is 0.312. The van der Waals surface area contributed by atoms with E-state index in [-0.39, 0.29) is 5.91 Å². The van der Waals surface area contributed by atoms with E-state index >= 15 is 0 Å². The summed E-state index contributed by atoms with van der Waals surface area (Å²) in [5.74, 6) is -0.574. The number of aromatic nitrogens is 2. The molecule has 1 heterocycles. The summed E-state index contributed by atoms with van der Waals surface area (Å²) in [6, 6.07) is 8.32. The summed E-state index contributed by atoms with van der Waals surface area (Å²) in [5.41, 5.74) is 2.04. The molecule has 0 atom stereocenters. The Morgan fingerprint density at radius 1 is 1.18 bits per heavy atom. The lowest BCUT2D eigenvalue weighted by Gasteiger charge is -2.07. The van der Waals surface area contributed by atoms with Crippen LogP contribution in [-0.2, 0) is 11.3 Å². The summed E-state index contributed by atoms with van der Waals surface area (Å²) in [4.78, 5) is 23.3. The minimum absolute atomic E-state index is 0.159. The van der Waals surface area contributed by atoms with Crippen LogP contribution in [0.4, 0.5) is 0 Å². The van der Waals surface area contributed by atoms with E-state index in [0.717, 1.165) is 18.7 Å². The smallest absolute Gasteiger partial charge is 0.337 e. The van der Waals surface area contributed by atoms with Crippen molar-refractivity contribution in [2.24, 2.45) is 0 Å².